The Morgan fingerprint density at radius 2 is 2.26 bits per heavy atom. The summed E-state index contributed by atoms with van der Waals surface area (Å²) in [5, 5.41) is 14.6. The molecule has 1 unspecified atom stereocenters. The van der Waals surface area contributed by atoms with Crippen molar-refractivity contribution in [2.75, 3.05) is 6.61 Å². The summed E-state index contributed by atoms with van der Waals surface area (Å²) in [5.41, 5.74) is 1.70. The summed E-state index contributed by atoms with van der Waals surface area (Å²) < 4.78 is 5.79. The van der Waals surface area contributed by atoms with Gasteiger partial charge in [0.05, 0.1) is 17.3 Å². The molecule has 0 radical (unpaired) electrons. The van der Waals surface area contributed by atoms with Crippen molar-refractivity contribution in [3.63, 3.8) is 0 Å². The highest BCUT2D eigenvalue weighted by atomic mass is 32.1. The Morgan fingerprint density at radius 1 is 1.48 bits per heavy atom. The molecular formula is C17H20N2O3S. The van der Waals surface area contributed by atoms with Crippen molar-refractivity contribution >= 4 is 23.3 Å². The number of ether oxygens (including phenoxy) is 1. The van der Waals surface area contributed by atoms with E-state index in [1.807, 2.05) is 36.6 Å². The minimum atomic E-state index is -0.272. The van der Waals surface area contributed by atoms with Gasteiger partial charge < -0.3 is 15.2 Å². The van der Waals surface area contributed by atoms with Crippen LogP contribution in [0, 0.1) is 6.92 Å². The first-order chi connectivity index (χ1) is 11.1. The number of carbonyl (C=O) groups excluding carboxylic acids is 1. The van der Waals surface area contributed by atoms with Crippen molar-refractivity contribution < 1.29 is 14.6 Å². The fourth-order valence-electron chi connectivity index (χ4n) is 1.88. The third-order valence-electron chi connectivity index (χ3n) is 3.04. The monoisotopic (exact) mass is 332 g/mol. The second-order valence-corrected chi connectivity index (χ2v) is 6.17. The number of aliphatic hydroxyl groups is 1. The standard InChI is InChI=1S/C17H20N2O3S/c1-12(9-20)18-17(21)8-7-14-5-3-4-6-16(14)22-10-15-11-23-13(2)19-15/h3-8,11-12,20H,9-10H2,1-2H3,(H,18,21)/b8-7+. The molecule has 0 saturated carbocycles. The zero-order chi connectivity index (χ0) is 16.7. The van der Waals surface area contributed by atoms with Gasteiger partial charge in [0.1, 0.15) is 12.4 Å². The van der Waals surface area contributed by atoms with Crippen molar-refractivity contribution in [3.8, 4) is 5.75 Å². The number of nitrogens with one attached hydrogen (secondary N) is 1. The molecule has 0 bridgehead atoms. The Labute approximate surface area is 139 Å². The third-order valence-corrected chi connectivity index (χ3v) is 3.86. The van der Waals surface area contributed by atoms with Crippen molar-refractivity contribution in [3.05, 3.63) is 52.0 Å². The van der Waals surface area contributed by atoms with Crippen LogP contribution in [0.15, 0.2) is 35.7 Å². The second-order valence-electron chi connectivity index (χ2n) is 5.11. The molecule has 1 aromatic heterocycles. The number of hydrogen-bond acceptors (Lipinski definition) is 5. The SMILES string of the molecule is Cc1nc(COc2ccccc2/C=C/C(=O)NC(C)CO)cs1. The van der Waals surface area contributed by atoms with Crippen LogP contribution in [-0.4, -0.2) is 28.6 Å². The number of aliphatic hydroxyl groups excluding tert-OH is 1. The predicted octanol–water partition coefficient (Wildman–Crippen LogP) is 2.54. The van der Waals surface area contributed by atoms with Gasteiger partial charge in [-0.1, -0.05) is 18.2 Å². The number of benzene rings is 1. The van der Waals surface area contributed by atoms with E-state index in [4.69, 9.17) is 9.84 Å². The van der Waals surface area contributed by atoms with Gasteiger partial charge in [0.15, 0.2) is 0 Å². The number of thiazole rings is 1. The lowest BCUT2D eigenvalue weighted by molar-refractivity contribution is -0.117. The van der Waals surface area contributed by atoms with E-state index in [1.54, 1.807) is 24.3 Å². The molecule has 122 valence electrons. The van der Waals surface area contributed by atoms with E-state index in [1.165, 1.54) is 6.08 Å². The van der Waals surface area contributed by atoms with Crippen LogP contribution in [0.25, 0.3) is 6.08 Å². The average Bonchev–Trinajstić information content (AvgIpc) is 2.97. The molecule has 1 heterocycles. The van der Waals surface area contributed by atoms with Crippen LogP contribution >= 0.6 is 11.3 Å². The van der Waals surface area contributed by atoms with Crippen LogP contribution in [0.1, 0.15) is 23.2 Å². The van der Waals surface area contributed by atoms with Crippen molar-refractivity contribution in [2.45, 2.75) is 26.5 Å². The molecule has 1 atom stereocenters. The minimum absolute atomic E-state index is 0.0909. The number of amides is 1. The molecular weight excluding hydrogens is 312 g/mol. The molecule has 0 aliphatic carbocycles. The Kier molecular flexibility index (Phi) is 6.31. The lowest BCUT2D eigenvalue weighted by atomic mass is 10.2. The first-order valence-electron chi connectivity index (χ1n) is 7.30. The number of para-hydroxylation sites is 1. The first-order valence-corrected chi connectivity index (χ1v) is 8.18. The first kappa shape index (κ1) is 17.2. The molecule has 1 aromatic carbocycles. The Morgan fingerprint density at radius 3 is 2.96 bits per heavy atom. The number of hydrogen-bond donors (Lipinski definition) is 2. The molecule has 6 heteroatoms. The predicted molar refractivity (Wildman–Crippen MR) is 91.3 cm³/mol. The molecule has 0 spiro atoms. The van der Waals surface area contributed by atoms with E-state index < -0.39 is 0 Å². The summed E-state index contributed by atoms with van der Waals surface area (Å²) in [6, 6.07) is 7.22. The van der Waals surface area contributed by atoms with E-state index in [-0.39, 0.29) is 18.6 Å². The van der Waals surface area contributed by atoms with Gasteiger partial charge >= 0.3 is 0 Å². The molecule has 0 aliphatic heterocycles. The highest BCUT2D eigenvalue weighted by Gasteiger charge is 2.05. The van der Waals surface area contributed by atoms with Crippen LogP contribution in [0.5, 0.6) is 5.75 Å². The quantitative estimate of drug-likeness (QED) is 0.764. The zero-order valence-electron chi connectivity index (χ0n) is 13.2. The summed E-state index contributed by atoms with van der Waals surface area (Å²) in [4.78, 5) is 16.1. The number of carbonyl (C=O) groups is 1. The number of rotatable bonds is 7. The van der Waals surface area contributed by atoms with Crippen LogP contribution in [0.4, 0.5) is 0 Å². The highest BCUT2D eigenvalue weighted by Crippen LogP contribution is 2.21. The van der Waals surface area contributed by atoms with Crippen LogP contribution in [0.3, 0.4) is 0 Å². The van der Waals surface area contributed by atoms with E-state index >= 15 is 0 Å². The van der Waals surface area contributed by atoms with Gasteiger partial charge in [-0.2, -0.15) is 0 Å². The maximum absolute atomic E-state index is 11.7. The van der Waals surface area contributed by atoms with Gasteiger partial charge in [0, 0.05) is 23.1 Å². The fourth-order valence-corrected chi connectivity index (χ4v) is 2.48. The largest absolute Gasteiger partial charge is 0.487 e. The summed E-state index contributed by atoms with van der Waals surface area (Å²) in [6.07, 6.45) is 3.13. The number of aromatic nitrogens is 1. The number of aryl methyl sites for hydroxylation is 1. The normalized spacial score (nSPS) is 12.3. The number of nitrogens with zero attached hydrogens (tertiary/aromatic N) is 1. The van der Waals surface area contributed by atoms with Gasteiger partial charge in [-0.05, 0) is 26.0 Å². The van der Waals surface area contributed by atoms with Gasteiger partial charge in [0.2, 0.25) is 5.91 Å². The van der Waals surface area contributed by atoms with Crippen LogP contribution in [0.2, 0.25) is 0 Å². The Hall–Kier alpha value is -2.18. The highest BCUT2D eigenvalue weighted by molar-refractivity contribution is 7.09. The molecule has 2 aromatic rings. The van der Waals surface area contributed by atoms with Crippen LogP contribution in [-0.2, 0) is 11.4 Å². The van der Waals surface area contributed by atoms with Gasteiger partial charge in [-0.25, -0.2) is 4.98 Å². The summed E-state index contributed by atoms with van der Waals surface area (Å²) in [7, 11) is 0. The van der Waals surface area contributed by atoms with Crippen LogP contribution < -0.4 is 10.1 Å². The van der Waals surface area contributed by atoms with E-state index in [2.05, 4.69) is 10.3 Å². The average molecular weight is 332 g/mol. The summed E-state index contributed by atoms with van der Waals surface area (Å²) in [5.74, 6) is 0.439. The van der Waals surface area contributed by atoms with E-state index in [0.717, 1.165) is 16.3 Å². The Bertz CT molecular complexity index is 682. The maximum atomic E-state index is 11.7. The molecule has 23 heavy (non-hydrogen) atoms. The van der Waals surface area contributed by atoms with E-state index in [9.17, 15) is 4.79 Å². The van der Waals surface area contributed by atoms with Gasteiger partial charge in [-0.15, -0.1) is 11.3 Å². The maximum Gasteiger partial charge on any atom is 0.244 e. The fraction of sp³-hybridized carbons (Fsp3) is 0.294. The lowest BCUT2D eigenvalue weighted by Gasteiger charge is -2.09. The third kappa shape index (κ3) is 5.50. The van der Waals surface area contributed by atoms with Crippen molar-refractivity contribution in [1.29, 1.82) is 0 Å². The van der Waals surface area contributed by atoms with Gasteiger partial charge in [-0.3, -0.25) is 4.79 Å². The molecule has 5 nitrogen and oxygen atoms in total. The Balaban J connectivity index is 2.00. The molecule has 0 aliphatic rings. The smallest absolute Gasteiger partial charge is 0.244 e. The van der Waals surface area contributed by atoms with Gasteiger partial charge in [0.25, 0.3) is 0 Å². The topological polar surface area (TPSA) is 71.5 Å². The van der Waals surface area contributed by atoms with Crippen molar-refractivity contribution in [2.24, 2.45) is 0 Å². The molecule has 2 rings (SSSR count). The lowest BCUT2D eigenvalue weighted by Crippen LogP contribution is -2.33. The zero-order valence-corrected chi connectivity index (χ0v) is 14.0. The molecule has 0 fully saturated rings. The molecule has 0 saturated heterocycles. The summed E-state index contributed by atoms with van der Waals surface area (Å²) >= 11 is 1.59. The van der Waals surface area contributed by atoms with Crippen molar-refractivity contribution in [1.82, 2.24) is 10.3 Å². The van der Waals surface area contributed by atoms with E-state index in [0.29, 0.717) is 12.4 Å². The summed E-state index contributed by atoms with van der Waals surface area (Å²) in [6.45, 7) is 3.99. The second kappa shape index (κ2) is 8.45. The molecule has 2 N–H and O–H groups in total. The minimum Gasteiger partial charge on any atom is -0.487 e. The molecule has 1 amide bonds.